The van der Waals surface area contributed by atoms with Crippen LogP contribution in [-0.4, -0.2) is 38.1 Å². The Labute approximate surface area is 186 Å². The maximum Gasteiger partial charge on any atom is 0.224 e. The molecule has 0 unspecified atom stereocenters. The fraction of sp³-hybridized carbons (Fsp3) is 0.320. The Hall–Kier alpha value is -3.61. The van der Waals surface area contributed by atoms with Crippen molar-refractivity contribution in [3.05, 3.63) is 54.9 Å². The summed E-state index contributed by atoms with van der Waals surface area (Å²) in [6.07, 6.45) is 6.48. The van der Waals surface area contributed by atoms with Crippen LogP contribution in [0.15, 0.2) is 54.9 Å². The first-order chi connectivity index (χ1) is 15.5. The third kappa shape index (κ3) is 2.92. The fourth-order valence-electron chi connectivity index (χ4n) is 4.91. The molecule has 7 nitrogen and oxygen atoms in total. The fourth-order valence-corrected chi connectivity index (χ4v) is 4.91. The quantitative estimate of drug-likeness (QED) is 0.478. The predicted molar refractivity (Wildman–Crippen MR) is 126 cm³/mol. The zero-order chi connectivity index (χ0) is 22.0. The van der Waals surface area contributed by atoms with E-state index in [4.69, 9.17) is 5.10 Å². The summed E-state index contributed by atoms with van der Waals surface area (Å²) < 4.78 is 4.00. The Kier molecular flexibility index (Phi) is 4.15. The van der Waals surface area contributed by atoms with Gasteiger partial charge in [0.1, 0.15) is 0 Å². The average molecular weight is 427 g/mol. The summed E-state index contributed by atoms with van der Waals surface area (Å²) in [6.45, 7) is 4.41. The van der Waals surface area contributed by atoms with Crippen LogP contribution in [0.25, 0.3) is 22.0 Å². The smallest absolute Gasteiger partial charge is 0.224 e. The largest absolute Gasteiger partial charge is 0.320 e. The zero-order valence-electron chi connectivity index (χ0n) is 18.6. The SMILES string of the molecule is CC(=O)N1c2ccc(-c3cnn(C4CC4)c3)cc2N(c2nn(C)c3ccccc23)C[C@@H]1C. The number of hydrogen-bond donors (Lipinski definition) is 0. The molecule has 1 atom stereocenters. The Morgan fingerprint density at radius 1 is 1.06 bits per heavy atom. The molecule has 0 radical (unpaired) electrons. The summed E-state index contributed by atoms with van der Waals surface area (Å²) in [5.74, 6) is 0.976. The summed E-state index contributed by atoms with van der Waals surface area (Å²) in [5, 5.41) is 10.6. The molecule has 1 aliphatic carbocycles. The van der Waals surface area contributed by atoms with Gasteiger partial charge in [0, 0.05) is 37.7 Å². The third-order valence-corrected chi connectivity index (χ3v) is 6.60. The molecule has 1 amide bonds. The van der Waals surface area contributed by atoms with E-state index in [0.29, 0.717) is 12.6 Å². The van der Waals surface area contributed by atoms with Crippen molar-refractivity contribution >= 4 is 34.0 Å². The number of nitrogens with zero attached hydrogens (tertiary/aromatic N) is 6. The summed E-state index contributed by atoms with van der Waals surface area (Å²) >= 11 is 0. The molecule has 1 saturated carbocycles. The second-order valence-corrected chi connectivity index (χ2v) is 8.96. The molecule has 6 rings (SSSR count). The maximum absolute atomic E-state index is 12.5. The second kappa shape index (κ2) is 6.95. The lowest BCUT2D eigenvalue weighted by Gasteiger charge is -2.41. The van der Waals surface area contributed by atoms with Crippen LogP contribution in [0, 0.1) is 0 Å². The third-order valence-electron chi connectivity index (χ3n) is 6.60. The average Bonchev–Trinajstić information content (AvgIpc) is 3.42. The van der Waals surface area contributed by atoms with Crippen molar-refractivity contribution in [1.29, 1.82) is 0 Å². The topological polar surface area (TPSA) is 59.2 Å². The van der Waals surface area contributed by atoms with Crippen molar-refractivity contribution in [3.63, 3.8) is 0 Å². The minimum atomic E-state index is 0.0317. The van der Waals surface area contributed by atoms with Gasteiger partial charge >= 0.3 is 0 Å². The van der Waals surface area contributed by atoms with Gasteiger partial charge in [0.15, 0.2) is 5.82 Å². The highest BCUT2D eigenvalue weighted by molar-refractivity contribution is 6.01. The molecule has 0 saturated heterocycles. The molecule has 0 spiro atoms. The number of rotatable bonds is 3. The first-order valence-corrected chi connectivity index (χ1v) is 11.2. The van der Waals surface area contributed by atoms with Crippen LogP contribution in [0.3, 0.4) is 0 Å². The van der Waals surface area contributed by atoms with Crippen molar-refractivity contribution in [1.82, 2.24) is 19.6 Å². The Balaban J connectivity index is 1.52. The van der Waals surface area contributed by atoms with Gasteiger partial charge < -0.3 is 9.80 Å². The summed E-state index contributed by atoms with van der Waals surface area (Å²) in [4.78, 5) is 16.7. The number of hydrogen-bond acceptors (Lipinski definition) is 4. The van der Waals surface area contributed by atoms with Crippen LogP contribution in [-0.2, 0) is 11.8 Å². The highest BCUT2D eigenvalue weighted by Gasteiger charge is 2.33. The van der Waals surface area contributed by atoms with Crippen LogP contribution < -0.4 is 9.80 Å². The Morgan fingerprint density at radius 2 is 1.88 bits per heavy atom. The predicted octanol–water partition coefficient (Wildman–Crippen LogP) is 4.66. The molecule has 162 valence electrons. The van der Waals surface area contributed by atoms with Gasteiger partial charge in [0.2, 0.25) is 5.91 Å². The number of anilines is 3. The van der Waals surface area contributed by atoms with Gasteiger partial charge in [0.25, 0.3) is 0 Å². The lowest BCUT2D eigenvalue weighted by atomic mass is 10.0. The van der Waals surface area contributed by atoms with Crippen LogP contribution in [0.5, 0.6) is 0 Å². The first-order valence-electron chi connectivity index (χ1n) is 11.2. The minimum absolute atomic E-state index is 0.0317. The lowest BCUT2D eigenvalue weighted by Crippen LogP contribution is -2.48. The van der Waals surface area contributed by atoms with E-state index in [1.54, 1.807) is 6.92 Å². The van der Waals surface area contributed by atoms with Crippen molar-refractivity contribution in [3.8, 4) is 11.1 Å². The van der Waals surface area contributed by atoms with E-state index in [9.17, 15) is 4.79 Å². The van der Waals surface area contributed by atoms with Gasteiger partial charge in [-0.05, 0) is 49.6 Å². The molecule has 32 heavy (non-hydrogen) atoms. The normalized spacial score (nSPS) is 18.3. The number of para-hydroxylation sites is 1. The summed E-state index contributed by atoms with van der Waals surface area (Å²) in [7, 11) is 1.98. The van der Waals surface area contributed by atoms with E-state index in [2.05, 4.69) is 58.1 Å². The summed E-state index contributed by atoms with van der Waals surface area (Å²) in [5.41, 5.74) is 5.20. The van der Waals surface area contributed by atoms with Gasteiger partial charge in [-0.1, -0.05) is 18.2 Å². The number of aryl methyl sites for hydroxylation is 1. The van der Waals surface area contributed by atoms with E-state index in [0.717, 1.165) is 39.2 Å². The molecular formula is C25H26N6O. The van der Waals surface area contributed by atoms with Crippen molar-refractivity contribution in [2.75, 3.05) is 16.3 Å². The molecule has 1 aliphatic heterocycles. The van der Waals surface area contributed by atoms with Crippen molar-refractivity contribution in [2.45, 2.75) is 38.8 Å². The second-order valence-electron chi connectivity index (χ2n) is 8.96. The molecule has 3 heterocycles. The minimum Gasteiger partial charge on any atom is -0.320 e. The highest BCUT2D eigenvalue weighted by atomic mass is 16.2. The van der Waals surface area contributed by atoms with Crippen molar-refractivity contribution < 1.29 is 4.79 Å². The molecule has 2 aromatic carbocycles. The standard InChI is InChI=1S/C25H26N6O/c1-16-14-29(25-21-6-4-5-7-22(21)28(3)27-25)24-12-18(8-11-23(24)31(16)17(2)32)19-13-26-30(15-19)20-9-10-20/h4-8,11-13,15-16,20H,9-10,14H2,1-3H3/t16-/m0/s1. The van der Waals surface area contributed by atoms with Crippen molar-refractivity contribution in [2.24, 2.45) is 7.05 Å². The Bertz CT molecular complexity index is 1350. The van der Waals surface area contributed by atoms with Crippen LogP contribution >= 0.6 is 0 Å². The first kappa shape index (κ1) is 19.1. The molecule has 2 aromatic heterocycles. The molecule has 1 fully saturated rings. The van der Waals surface area contributed by atoms with E-state index in [-0.39, 0.29) is 11.9 Å². The number of benzene rings is 2. The molecule has 7 heteroatoms. The number of carbonyl (C=O) groups excluding carboxylic acids is 1. The maximum atomic E-state index is 12.5. The Morgan fingerprint density at radius 3 is 2.66 bits per heavy atom. The number of carbonyl (C=O) groups is 1. The number of aromatic nitrogens is 4. The van der Waals surface area contributed by atoms with E-state index < -0.39 is 0 Å². The van der Waals surface area contributed by atoms with E-state index >= 15 is 0 Å². The van der Waals surface area contributed by atoms with Gasteiger partial charge in [-0.3, -0.25) is 14.2 Å². The van der Waals surface area contributed by atoms with Crippen LogP contribution in [0.1, 0.15) is 32.7 Å². The molecule has 0 bridgehead atoms. The molecule has 0 N–H and O–H groups in total. The molecular weight excluding hydrogens is 400 g/mol. The van der Waals surface area contributed by atoms with Crippen LogP contribution in [0.2, 0.25) is 0 Å². The molecule has 2 aliphatic rings. The van der Waals surface area contributed by atoms with Gasteiger partial charge in [-0.2, -0.15) is 10.2 Å². The monoisotopic (exact) mass is 426 g/mol. The van der Waals surface area contributed by atoms with Gasteiger partial charge in [-0.25, -0.2) is 0 Å². The molecule has 4 aromatic rings. The van der Waals surface area contributed by atoms with Crippen LogP contribution in [0.4, 0.5) is 17.2 Å². The van der Waals surface area contributed by atoms with E-state index in [1.165, 1.54) is 12.8 Å². The van der Waals surface area contributed by atoms with E-state index in [1.807, 2.05) is 35.0 Å². The summed E-state index contributed by atoms with van der Waals surface area (Å²) in [6, 6.07) is 15.2. The number of amides is 1. The highest BCUT2D eigenvalue weighted by Crippen LogP contribution is 2.44. The van der Waals surface area contributed by atoms with Gasteiger partial charge in [0.05, 0.1) is 35.2 Å². The number of fused-ring (bicyclic) bond motifs is 2. The van der Waals surface area contributed by atoms with Gasteiger partial charge in [-0.15, -0.1) is 0 Å². The lowest BCUT2D eigenvalue weighted by molar-refractivity contribution is -0.117. The zero-order valence-corrected chi connectivity index (χ0v) is 18.6.